The average Bonchev–Trinajstić information content (AvgIpc) is 2.46. The molecule has 0 unspecified atom stereocenters. The van der Waals surface area contributed by atoms with Crippen molar-refractivity contribution in [1.82, 2.24) is 0 Å². The molecule has 4 heteroatoms. The van der Waals surface area contributed by atoms with Gasteiger partial charge in [0.1, 0.15) is 23.9 Å². The smallest absolute Gasteiger partial charge is 0.123 e. The van der Waals surface area contributed by atoms with E-state index in [1.807, 2.05) is 24.3 Å². The molecular formula is C16H19NO3. The van der Waals surface area contributed by atoms with Crippen LogP contribution in [0, 0.1) is 0 Å². The van der Waals surface area contributed by atoms with E-state index in [0.717, 1.165) is 29.0 Å². The largest absolute Gasteiger partial charge is 0.508 e. The van der Waals surface area contributed by atoms with E-state index in [1.54, 1.807) is 25.3 Å². The Labute approximate surface area is 118 Å². The lowest BCUT2D eigenvalue weighted by atomic mass is 10.1. The number of hydrogen-bond acceptors (Lipinski definition) is 4. The van der Waals surface area contributed by atoms with Crippen molar-refractivity contribution in [3.05, 3.63) is 53.6 Å². The van der Waals surface area contributed by atoms with Crippen LogP contribution in [0.3, 0.4) is 0 Å². The Morgan fingerprint density at radius 2 is 2.00 bits per heavy atom. The fraction of sp³-hybridized carbons (Fsp3) is 0.250. The minimum Gasteiger partial charge on any atom is -0.508 e. The predicted molar refractivity (Wildman–Crippen MR) is 78.2 cm³/mol. The summed E-state index contributed by atoms with van der Waals surface area (Å²) in [4.78, 5) is 0. The van der Waals surface area contributed by atoms with Crippen LogP contribution in [0.4, 0.5) is 0 Å². The van der Waals surface area contributed by atoms with E-state index in [1.165, 1.54) is 0 Å². The van der Waals surface area contributed by atoms with Crippen molar-refractivity contribution >= 4 is 0 Å². The Bertz CT molecular complexity index is 569. The van der Waals surface area contributed by atoms with Crippen molar-refractivity contribution in [2.45, 2.75) is 13.0 Å². The highest BCUT2D eigenvalue weighted by molar-refractivity contribution is 5.40. The molecule has 0 aliphatic rings. The van der Waals surface area contributed by atoms with Crippen molar-refractivity contribution in [3.63, 3.8) is 0 Å². The molecule has 0 aromatic heterocycles. The first-order chi connectivity index (χ1) is 9.72. The molecule has 2 rings (SSSR count). The molecule has 0 atom stereocenters. The third kappa shape index (κ3) is 3.65. The summed E-state index contributed by atoms with van der Waals surface area (Å²) in [7, 11) is 1.63. The molecular weight excluding hydrogens is 254 g/mol. The summed E-state index contributed by atoms with van der Waals surface area (Å²) in [5, 5.41) is 9.43. The van der Waals surface area contributed by atoms with Gasteiger partial charge in [-0.3, -0.25) is 0 Å². The molecule has 0 amide bonds. The van der Waals surface area contributed by atoms with Crippen molar-refractivity contribution in [3.8, 4) is 17.2 Å². The first-order valence-corrected chi connectivity index (χ1v) is 6.50. The Kier molecular flexibility index (Phi) is 4.85. The third-order valence-corrected chi connectivity index (χ3v) is 2.99. The van der Waals surface area contributed by atoms with Gasteiger partial charge in [0.25, 0.3) is 0 Å². The van der Waals surface area contributed by atoms with Crippen molar-refractivity contribution in [2.24, 2.45) is 5.73 Å². The average molecular weight is 273 g/mol. The number of phenols is 1. The Hall–Kier alpha value is -2.20. The topological polar surface area (TPSA) is 64.7 Å². The monoisotopic (exact) mass is 273 g/mol. The highest BCUT2D eigenvalue weighted by atomic mass is 16.5. The van der Waals surface area contributed by atoms with E-state index in [9.17, 15) is 5.11 Å². The van der Waals surface area contributed by atoms with Gasteiger partial charge >= 0.3 is 0 Å². The number of rotatable bonds is 6. The van der Waals surface area contributed by atoms with Gasteiger partial charge in [-0.25, -0.2) is 0 Å². The van der Waals surface area contributed by atoms with E-state index in [4.69, 9.17) is 15.2 Å². The summed E-state index contributed by atoms with van der Waals surface area (Å²) in [6.45, 7) is 0.952. The molecule has 0 bridgehead atoms. The molecule has 20 heavy (non-hydrogen) atoms. The molecule has 0 aliphatic carbocycles. The minimum absolute atomic E-state index is 0.239. The molecule has 106 valence electrons. The van der Waals surface area contributed by atoms with Crippen LogP contribution < -0.4 is 15.2 Å². The van der Waals surface area contributed by atoms with Crippen LogP contribution in [0.15, 0.2) is 42.5 Å². The standard InChI is InChI=1S/C16H19NO3/c1-19-15-5-6-16(13(10-15)7-8-17)20-11-12-3-2-4-14(18)9-12/h2-6,9-10,18H,7-8,11,17H2,1H3. The van der Waals surface area contributed by atoms with Gasteiger partial charge in [0.2, 0.25) is 0 Å². The lowest BCUT2D eigenvalue weighted by molar-refractivity contribution is 0.301. The second-order valence-corrected chi connectivity index (χ2v) is 4.47. The number of nitrogens with two attached hydrogens (primary N) is 1. The first-order valence-electron chi connectivity index (χ1n) is 6.50. The van der Waals surface area contributed by atoms with Crippen LogP contribution in [0.5, 0.6) is 17.2 Å². The SMILES string of the molecule is COc1ccc(OCc2cccc(O)c2)c(CCN)c1. The number of ether oxygens (including phenoxy) is 2. The molecule has 0 saturated carbocycles. The van der Waals surface area contributed by atoms with Crippen LogP contribution >= 0.6 is 0 Å². The first kappa shape index (κ1) is 14.2. The Morgan fingerprint density at radius 3 is 2.70 bits per heavy atom. The second-order valence-electron chi connectivity index (χ2n) is 4.47. The van der Waals surface area contributed by atoms with Crippen molar-refractivity contribution < 1.29 is 14.6 Å². The molecule has 0 aliphatic heterocycles. The summed E-state index contributed by atoms with van der Waals surface area (Å²) in [5.41, 5.74) is 7.56. The van der Waals surface area contributed by atoms with E-state index in [2.05, 4.69) is 0 Å². The number of aromatic hydroxyl groups is 1. The van der Waals surface area contributed by atoms with Gasteiger partial charge in [0.05, 0.1) is 7.11 Å². The fourth-order valence-corrected chi connectivity index (χ4v) is 1.98. The highest BCUT2D eigenvalue weighted by Gasteiger charge is 2.06. The molecule has 2 aromatic carbocycles. The van der Waals surface area contributed by atoms with Gasteiger partial charge in [-0.15, -0.1) is 0 Å². The van der Waals surface area contributed by atoms with Gasteiger partial charge in [-0.1, -0.05) is 12.1 Å². The van der Waals surface area contributed by atoms with Crippen molar-refractivity contribution in [2.75, 3.05) is 13.7 Å². The summed E-state index contributed by atoms with van der Waals surface area (Å²) in [6, 6.07) is 12.7. The summed E-state index contributed by atoms with van der Waals surface area (Å²) in [6.07, 6.45) is 0.729. The van der Waals surface area contributed by atoms with Gasteiger partial charge in [-0.05, 0) is 54.4 Å². The zero-order valence-electron chi connectivity index (χ0n) is 11.5. The van der Waals surface area contributed by atoms with Gasteiger partial charge < -0.3 is 20.3 Å². The number of benzene rings is 2. The van der Waals surface area contributed by atoms with E-state index in [-0.39, 0.29) is 5.75 Å². The molecule has 2 aromatic rings. The summed E-state index contributed by atoms with van der Waals surface area (Å²) >= 11 is 0. The van der Waals surface area contributed by atoms with E-state index in [0.29, 0.717) is 13.2 Å². The van der Waals surface area contributed by atoms with Gasteiger partial charge in [0.15, 0.2) is 0 Å². The molecule has 0 fully saturated rings. The maximum atomic E-state index is 9.43. The fourth-order valence-electron chi connectivity index (χ4n) is 1.98. The molecule has 3 N–H and O–H groups in total. The zero-order valence-corrected chi connectivity index (χ0v) is 11.5. The summed E-state index contributed by atoms with van der Waals surface area (Å²) in [5.74, 6) is 1.82. The molecule has 0 saturated heterocycles. The van der Waals surface area contributed by atoms with Gasteiger partial charge in [0, 0.05) is 0 Å². The second kappa shape index (κ2) is 6.82. The Morgan fingerprint density at radius 1 is 1.15 bits per heavy atom. The highest BCUT2D eigenvalue weighted by Crippen LogP contribution is 2.25. The van der Waals surface area contributed by atoms with Crippen molar-refractivity contribution in [1.29, 1.82) is 0 Å². The maximum Gasteiger partial charge on any atom is 0.123 e. The third-order valence-electron chi connectivity index (χ3n) is 2.99. The minimum atomic E-state index is 0.239. The quantitative estimate of drug-likeness (QED) is 0.848. The molecule has 0 spiro atoms. The Balaban J connectivity index is 2.12. The van der Waals surface area contributed by atoms with E-state index >= 15 is 0 Å². The predicted octanol–water partition coefficient (Wildman–Crippen LogP) is 2.48. The maximum absolute atomic E-state index is 9.43. The normalized spacial score (nSPS) is 10.3. The number of phenolic OH excluding ortho intramolecular Hbond substituents is 1. The van der Waals surface area contributed by atoms with Crippen LogP contribution in [0.25, 0.3) is 0 Å². The van der Waals surface area contributed by atoms with Crippen LogP contribution in [0.1, 0.15) is 11.1 Å². The van der Waals surface area contributed by atoms with Crippen LogP contribution in [-0.2, 0) is 13.0 Å². The zero-order chi connectivity index (χ0) is 14.4. The lowest BCUT2D eigenvalue weighted by Gasteiger charge is -2.12. The number of hydrogen-bond donors (Lipinski definition) is 2. The molecule has 0 heterocycles. The van der Waals surface area contributed by atoms with Gasteiger partial charge in [-0.2, -0.15) is 0 Å². The van der Waals surface area contributed by atoms with E-state index < -0.39 is 0 Å². The van der Waals surface area contributed by atoms with Crippen LogP contribution in [0.2, 0.25) is 0 Å². The van der Waals surface area contributed by atoms with Crippen LogP contribution in [-0.4, -0.2) is 18.8 Å². The number of methoxy groups -OCH3 is 1. The molecule has 4 nitrogen and oxygen atoms in total. The summed E-state index contributed by atoms with van der Waals surface area (Å²) < 4.78 is 11.0. The lowest BCUT2D eigenvalue weighted by Crippen LogP contribution is -2.06. The molecule has 0 radical (unpaired) electrons.